The molecule has 0 bridgehead atoms. The Hall–Kier alpha value is -1.48. The summed E-state index contributed by atoms with van der Waals surface area (Å²) < 4.78 is 4.82. The molecule has 0 atom stereocenters. The van der Waals surface area contributed by atoms with Crippen LogP contribution < -0.4 is 5.73 Å². The summed E-state index contributed by atoms with van der Waals surface area (Å²) in [6.45, 7) is 3.62. The minimum absolute atomic E-state index is 0.182. The van der Waals surface area contributed by atoms with E-state index in [1.165, 1.54) is 12.1 Å². The molecule has 0 fully saturated rings. The summed E-state index contributed by atoms with van der Waals surface area (Å²) in [5.41, 5.74) is 6.27. The van der Waals surface area contributed by atoms with Gasteiger partial charge in [0.15, 0.2) is 0 Å². The van der Waals surface area contributed by atoms with Crippen LogP contribution in [0.3, 0.4) is 0 Å². The lowest BCUT2D eigenvalue weighted by atomic mass is 10.2. The fraction of sp³-hybridized carbons (Fsp3) is 0.100. The van der Waals surface area contributed by atoms with Gasteiger partial charge in [0.2, 0.25) is 0 Å². The number of carbonyl (C=O) groups excluding carboxylic acids is 1. The van der Waals surface area contributed by atoms with Crippen LogP contribution in [0.25, 0.3) is 0 Å². The Labute approximate surface area is 87.1 Å². The van der Waals surface area contributed by atoms with Crippen LogP contribution in [0.5, 0.6) is 0 Å². The van der Waals surface area contributed by atoms with Crippen LogP contribution in [0.15, 0.2) is 30.9 Å². The van der Waals surface area contributed by atoms with Gasteiger partial charge in [-0.25, -0.2) is 4.79 Å². The lowest BCUT2D eigenvalue weighted by molar-refractivity contribution is 0.0550. The number of nitrogens with two attached hydrogens (primary N) is 1. The van der Waals surface area contributed by atoms with Crippen molar-refractivity contribution in [2.45, 2.75) is 0 Å². The summed E-state index contributed by atoms with van der Waals surface area (Å²) in [5, 5.41) is 0.422. The maximum atomic E-state index is 11.3. The van der Waals surface area contributed by atoms with Gasteiger partial charge in [-0.15, -0.1) is 0 Å². The number of nitrogen functional groups attached to an aromatic ring is 1. The minimum Gasteiger partial charge on any atom is -0.458 e. The van der Waals surface area contributed by atoms with Crippen LogP contribution in [0.2, 0.25) is 5.02 Å². The fourth-order valence-corrected chi connectivity index (χ4v) is 1.01. The Kier molecular flexibility index (Phi) is 3.54. The summed E-state index contributed by atoms with van der Waals surface area (Å²) in [6, 6.07) is 4.60. The van der Waals surface area contributed by atoms with E-state index < -0.39 is 5.97 Å². The van der Waals surface area contributed by atoms with Gasteiger partial charge >= 0.3 is 5.97 Å². The Morgan fingerprint density at radius 1 is 1.64 bits per heavy atom. The largest absolute Gasteiger partial charge is 0.458 e. The number of hydrogen-bond acceptors (Lipinski definition) is 3. The first kappa shape index (κ1) is 10.6. The SMILES string of the molecule is C=CCOC(=O)c1ccc(Cl)c(N)c1. The quantitative estimate of drug-likeness (QED) is 0.474. The van der Waals surface area contributed by atoms with E-state index in [4.69, 9.17) is 22.1 Å². The maximum absolute atomic E-state index is 11.3. The van der Waals surface area contributed by atoms with Crippen molar-refractivity contribution in [1.29, 1.82) is 0 Å². The summed E-state index contributed by atoms with van der Waals surface area (Å²) >= 11 is 5.70. The van der Waals surface area contributed by atoms with Crippen molar-refractivity contribution < 1.29 is 9.53 Å². The molecule has 1 aromatic carbocycles. The molecule has 0 unspecified atom stereocenters. The van der Waals surface area contributed by atoms with E-state index in [9.17, 15) is 4.79 Å². The highest BCUT2D eigenvalue weighted by molar-refractivity contribution is 6.33. The summed E-state index contributed by atoms with van der Waals surface area (Å²) in [4.78, 5) is 11.3. The summed E-state index contributed by atoms with van der Waals surface area (Å²) in [5.74, 6) is -0.437. The Morgan fingerprint density at radius 3 is 2.93 bits per heavy atom. The third kappa shape index (κ3) is 2.50. The Bertz CT molecular complexity index is 363. The molecule has 2 N–H and O–H groups in total. The van der Waals surface area contributed by atoms with Crippen molar-refractivity contribution in [3.63, 3.8) is 0 Å². The zero-order valence-corrected chi connectivity index (χ0v) is 8.25. The lowest BCUT2D eigenvalue weighted by Gasteiger charge is -2.03. The number of halogens is 1. The Balaban J connectivity index is 2.80. The van der Waals surface area contributed by atoms with Gasteiger partial charge in [0.25, 0.3) is 0 Å². The number of hydrogen-bond donors (Lipinski definition) is 1. The normalized spacial score (nSPS) is 9.50. The number of rotatable bonds is 3. The highest BCUT2D eigenvalue weighted by Gasteiger charge is 2.07. The molecule has 0 radical (unpaired) electrons. The Morgan fingerprint density at radius 2 is 2.36 bits per heavy atom. The number of ether oxygens (including phenoxy) is 1. The third-order valence-corrected chi connectivity index (χ3v) is 1.91. The summed E-state index contributed by atoms with van der Waals surface area (Å²) in [6.07, 6.45) is 1.50. The highest BCUT2D eigenvalue weighted by Crippen LogP contribution is 2.19. The van der Waals surface area contributed by atoms with Crippen LogP contribution in [0.1, 0.15) is 10.4 Å². The average Bonchev–Trinajstić information content (AvgIpc) is 2.18. The van der Waals surface area contributed by atoms with Gasteiger partial charge < -0.3 is 10.5 Å². The molecule has 0 spiro atoms. The molecule has 74 valence electrons. The molecule has 0 amide bonds. The van der Waals surface area contributed by atoms with Crippen LogP contribution in [0.4, 0.5) is 5.69 Å². The number of anilines is 1. The van der Waals surface area contributed by atoms with E-state index in [1.807, 2.05) is 0 Å². The van der Waals surface area contributed by atoms with Crippen molar-refractivity contribution in [3.05, 3.63) is 41.4 Å². The predicted octanol–water partition coefficient (Wildman–Crippen LogP) is 2.27. The van der Waals surface area contributed by atoms with Crippen LogP contribution >= 0.6 is 11.6 Å². The van der Waals surface area contributed by atoms with Gasteiger partial charge in [-0.05, 0) is 18.2 Å². The minimum atomic E-state index is -0.437. The molecule has 0 aliphatic carbocycles. The van der Waals surface area contributed by atoms with Crippen molar-refractivity contribution in [1.82, 2.24) is 0 Å². The van der Waals surface area contributed by atoms with Gasteiger partial charge in [-0.2, -0.15) is 0 Å². The molecule has 0 saturated carbocycles. The predicted molar refractivity (Wildman–Crippen MR) is 56.3 cm³/mol. The van der Waals surface area contributed by atoms with Gasteiger partial charge in [-0.1, -0.05) is 24.3 Å². The van der Waals surface area contributed by atoms with E-state index in [0.717, 1.165) is 0 Å². The van der Waals surface area contributed by atoms with Gasteiger partial charge in [0.05, 0.1) is 16.3 Å². The molecule has 0 aliphatic heterocycles. The van der Waals surface area contributed by atoms with E-state index in [1.54, 1.807) is 12.1 Å². The molecule has 1 rings (SSSR count). The lowest BCUT2D eigenvalue weighted by Crippen LogP contribution is -2.05. The molecule has 14 heavy (non-hydrogen) atoms. The van der Waals surface area contributed by atoms with Gasteiger partial charge in [0, 0.05) is 0 Å². The number of esters is 1. The fourth-order valence-electron chi connectivity index (χ4n) is 0.889. The highest BCUT2D eigenvalue weighted by atomic mass is 35.5. The van der Waals surface area contributed by atoms with Crippen LogP contribution in [0, 0.1) is 0 Å². The maximum Gasteiger partial charge on any atom is 0.338 e. The van der Waals surface area contributed by atoms with E-state index in [2.05, 4.69) is 6.58 Å². The first-order chi connectivity index (χ1) is 6.65. The standard InChI is InChI=1S/C10H10ClNO2/c1-2-5-14-10(13)7-3-4-8(11)9(12)6-7/h2-4,6H,1,5,12H2. The zero-order valence-electron chi connectivity index (χ0n) is 7.50. The van der Waals surface area contributed by atoms with E-state index in [-0.39, 0.29) is 6.61 Å². The topological polar surface area (TPSA) is 52.3 Å². The second kappa shape index (κ2) is 4.67. The van der Waals surface area contributed by atoms with Gasteiger partial charge in [0.1, 0.15) is 6.61 Å². The van der Waals surface area contributed by atoms with Gasteiger partial charge in [-0.3, -0.25) is 0 Å². The monoisotopic (exact) mass is 211 g/mol. The van der Waals surface area contributed by atoms with Crippen molar-refractivity contribution in [2.75, 3.05) is 12.3 Å². The molecule has 0 saturated heterocycles. The van der Waals surface area contributed by atoms with Crippen LogP contribution in [-0.4, -0.2) is 12.6 Å². The molecule has 3 nitrogen and oxygen atoms in total. The molecule has 0 heterocycles. The second-order valence-corrected chi connectivity index (χ2v) is 3.03. The van der Waals surface area contributed by atoms with Crippen molar-refractivity contribution in [3.8, 4) is 0 Å². The van der Waals surface area contributed by atoms with Crippen LogP contribution in [-0.2, 0) is 4.74 Å². The first-order valence-corrected chi connectivity index (χ1v) is 4.36. The molecule has 0 aromatic heterocycles. The molecular weight excluding hydrogens is 202 g/mol. The number of carbonyl (C=O) groups is 1. The zero-order chi connectivity index (χ0) is 10.6. The molecule has 0 aliphatic rings. The number of benzene rings is 1. The molecular formula is C10H10ClNO2. The van der Waals surface area contributed by atoms with Crippen molar-refractivity contribution >= 4 is 23.3 Å². The summed E-state index contributed by atoms with van der Waals surface area (Å²) in [7, 11) is 0. The average molecular weight is 212 g/mol. The first-order valence-electron chi connectivity index (χ1n) is 3.98. The molecule has 1 aromatic rings. The van der Waals surface area contributed by atoms with Crippen molar-refractivity contribution in [2.24, 2.45) is 0 Å². The van der Waals surface area contributed by atoms with E-state index >= 15 is 0 Å². The molecule has 4 heteroatoms. The second-order valence-electron chi connectivity index (χ2n) is 2.62. The van der Waals surface area contributed by atoms with E-state index in [0.29, 0.717) is 16.3 Å². The third-order valence-electron chi connectivity index (χ3n) is 1.56. The smallest absolute Gasteiger partial charge is 0.338 e.